The van der Waals surface area contributed by atoms with Gasteiger partial charge in [-0.05, 0) is 129 Å². The molecule has 3 heterocycles. The van der Waals surface area contributed by atoms with E-state index in [1.807, 2.05) is 24.4 Å². The summed E-state index contributed by atoms with van der Waals surface area (Å²) < 4.78 is 0. The minimum Gasteiger partial charge on any atom is -0.256 e. The smallest absolute Gasteiger partial charge is 0.0964 e. The molecule has 0 radical (unpaired) electrons. The Morgan fingerprint density at radius 3 is 0.986 bits per heavy atom. The molecule has 0 spiro atoms. The van der Waals surface area contributed by atoms with Crippen molar-refractivity contribution in [1.29, 1.82) is 0 Å². The van der Waals surface area contributed by atoms with Gasteiger partial charge in [-0.2, -0.15) is 0 Å². The molecule has 16 rings (SSSR count). The molecule has 1 aliphatic carbocycles. The molecule has 0 amide bonds. The van der Waals surface area contributed by atoms with E-state index < -0.39 is 0 Å². The lowest BCUT2D eigenvalue weighted by molar-refractivity contribution is 1.37. The summed E-state index contributed by atoms with van der Waals surface area (Å²) in [6.07, 6.45) is 5.43. The molecule has 338 valence electrons. The second kappa shape index (κ2) is 19.8. The Labute approximate surface area is 418 Å². The van der Waals surface area contributed by atoms with Gasteiger partial charge in [0.25, 0.3) is 0 Å². The molecule has 1 aliphatic rings. The quantitative estimate of drug-likeness (QED) is 0.112. The largest absolute Gasteiger partial charge is 0.256 e. The third-order valence-electron chi connectivity index (χ3n) is 13.5. The van der Waals surface area contributed by atoms with Crippen LogP contribution in [0.15, 0.2) is 286 Å². The molecule has 0 bridgehead atoms. The van der Waals surface area contributed by atoms with Crippen LogP contribution in [0.3, 0.4) is 0 Å². The second-order valence-electron chi connectivity index (χ2n) is 17.9. The van der Waals surface area contributed by atoms with Gasteiger partial charge in [0, 0.05) is 34.7 Å². The Morgan fingerprint density at radius 1 is 0.194 bits per heavy atom. The van der Waals surface area contributed by atoms with Crippen LogP contribution in [0.1, 0.15) is 0 Å². The first-order valence-corrected chi connectivity index (χ1v) is 24.4. The normalized spacial score (nSPS) is 11.1. The molecule has 15 aromatic rings. The summed E-state index contributed by atoms with van der Waals surface area (Å²) in [4.78, 5) is 13.0. The molecule has 0 saturated carbocycles. The average Bonchev–Trinajstić information content (AvgIpc) is 3.79. The fourth-order valence-electron chi connectivity index (χ4n) is 10.0. The topological polar surface area (TPSA) is 38.7 Å². The SMILES string of the molecule is c1ccc2c(c1)-c1cccc3cccc-2c13.c1ccc2c(c1)ccc1ccccc12.c1ccc2cc3ccccc3cc2c1.c1ccc2cc3ncccc3cc2c1.c1cnc2c(c1)ccc1cccnc12. The molecule has 0 atom stereocenters. The number of nitrogens with zero attached hydrogens (tertiary/aromatic N) is 3. The fourth-order valence-corrected chi connectivity index (χ4v) is 10.0. The van der Waals surface area contributed by atoms with Gasteiger partial charge in [-0.3, -0.25) is 15.0 Å². The number of fused-ring (bicyclic) bond motifs is 13. The molecule has 0 aliphatic heterocycles. The summed E-state index contributed by atoms with van der Waals surface area (Å²) in [5.41, 5.74) is 8.51. The maximum atomic E-state index is 4.35. The van der Waals surface area contributed by atoms with Gasteiger partial charge in [0.1, 0.15) is 0 Å². The van der Waals surface area contributed by atoms with Crippen molar-refractivity contribution in [2.45, 2.75) is 0 Å². The van der Waals surface area contributed by atoms with Gasteiger partial charge in [-0.1, -0.05) is 224 Å². The lowest BCUT2D eigenvalue weighted by Gasteiger charge is -2.02. The molecule has 3 aromatic heterocycles. The van der Waals surface area contributed by atoms with Crippen molar-refractivity contribution in [2.24, 2.45) is 0 Å². The van der Waals surface area contributed by atoms with Crippen molar-refractivity contribution < 1.29 is 0 Å². The third kappa shape index (κ3) is 8.83. The maximum Gasteiger partial charge on any atom is 0.0964 e. The number of benzene rings is 12. The molecule has 0 unspecified atom stereocenters. The molecule has 12 aromatic carbocycles. The number of hydrogen-bond donors (Lipinski definition) is 0. The fraction of sp³-hybridized carbons (Fsp3) is 0. The van der Waals surface area contributed by atoms with E-state index in [9.17, 15) is 0 Å². The lowest BCUT2D eigenvalue weighted by Crippen LogP contribution is -1.83. The highest BCUT2D eigenvalue weighted by Gasteiger charge is 2.19. The highest BCUT2D eigenvalue weighted by molar-refractivity contribution is 6.15. The Hall–Kier alpha value is -9.57. The zero-order chi connectivity index (χ0) is 48.1. The zero-order valence-electron chi connectivity index (χ0n) is 39.5. The standard InChI is InChI=1S/C16H10.2C14H10.C13H9N.C12H8N2/c1-2-8-13-12(7-1)14-9-3-5-11-6-4-10-15(13)16(11)14;1-3-7-13-11(5-1)9-10-12-6-2-4-8-14(12)13;1-2-6-12-10-14-8-4-3-7-13(14)9-11(12)5-1;1-2-5-11-9-13-12(6-3-7-14-13)8-10(11)4-1;1-3-9-5-6-10-4-2-8-14-12(10)11(9)13-7-1/h1-10H;2*1-10H;1-9H;1-8H. The summed E-state index contributed by atoms with van der Waals surface area (Å²) in [6.45, 7) is 0. The Kier molecular flexibility index (Phi) is 12.0. The van der Waals surface area contributed by atoms with Crippen LogP contribution in [0.5, 0.6) is 0 Å². The van der Waals surface area contributed by atoms with Crippen LogP contribution in [-0.4, -0.2) is 15.0 Å². The van der Waals surface area contributed by atoms with E-state index in [1.54, 1.807) is 12.4 Å². The van der Waals surface area contributed by atoms with Crippen molar-refractivity contribution >= 4 is 97.3 Å². The minimum atomic E-state index is 0.977. The van der Waals surface area contributed by atoms with Gasteiger partial charge in [0.15, 0.2) is 0 Å². The van der Waals surface area contributed by atoms with Gasteiger partial charge in [-0.25, -0.2) is 0 Å². The van der Waals surface area contributed by atoms with Gasteiger partial charge in [0.2, 0.25) is 0 Å². The van der Waals surface area contributed by atoms with Crippen LogP contribution in [0.4, 0.5) is 0 Å². The third-order valence-corrected chi connectivity index (χ3v) is 13.5. The first-order valence-electron chi connectivity index (χ1n) is 24.4. The van der Waals surface area contributed by atoms with Crippen molar-refractivity contribution in [1.82, 2.24) is 15.0 Å². The summed E-state index contributed by atoms with van der Waals surface area (Å²) in [5, 5.41) is 19.3. The Balaban J connectivity index is 0.0000000921. The zero-order valence-corrected chi connectivity index (χ0v) is 39.5. The summed E-state index contributed by atoms with van der Waals surface area (Å²) in [5.74, 6) is 0. The number of hydrogen-bond acceptors (Lipinski definition) is 3. The van der Waals surface area contributed by atoms with Crippen LogP contribution in [-0.2, 0) is 0 Å². The summed E-state index contributed by atoms with van der Waals surface area (Å²) in [6, 6.07) is 93.4. The molecule has 0 fully saturated rings. The Bertz CT molecular complexity index is 3790. The van der Waals surface area contributed by atoms with E-state index in [4.69, 9.17) is 0 Å². The Morgan fingerprint density at radius 2 is 0.514 bits per heavy atom. The van der Waals surface area contributed by atoms with Gasteiger partial charge in [-0.15, -0.1) is 0 Å². The monoisotopic (exact) mass is 917 g/mol. The van der Waals surface area contributed by atoms with Crippen molar-refractivity contribution in [3.8, 4) is 22.3 Å². The number of rotatable bonds is 0. The molecular weight excluding hydrogens is 871 g/mol. The summed E-state index contributed by atoms with van der Waals surface area (Å²) in [7, 11) is 0. The summed E-state index contributed by atoms with van der Waals surface area (Å²) >= 11 is 0. The van der Waals surface area contributed by atoms with Crippen LogP contribution >= 0.6 is 0 Å². The van der Waals surface area contributed by atoms with E-state index in [0.717, 1.165) is 27.3 Å². The maximum absolute atomic E-state index is 4.35. The molecule has 3 nitrogen and oxygen atoms in total. The van der Waals surface area contributed by atoms with E-state index in [-0.39, 0.29) is 0 Å². The van der Waals surface area contributed by atoms with Crippen molar-refractivity contribution in [3.63, 3.8) is 0 Å². The molecule has 0 saturated heterocycles. The highest BCUT2D eigenvalue weighted by Crippen LogP contribution is 2.46. The van der Waals surface area contributed by atoms with E-state index >= 15 is 0 Å². The van der Waals surface area contributed by atoms with E-state index in [2.05, 4.69) is 264 Å². The molecule has 3 heteroatoms. The minimum absolute atomic E-state index is 0.977. The number of pyridine rings is 3. The predicted molar refractivity (Wildman–Crippen MR) is 308 cm³/mol. The molecule has 0 N–H and O–H groups in total. The number of aromatic nitrogens is 3. The lowest BCUT2D eigenvalue weighted by atomic mass is 10.0. The highest BCUT2D eigenvalue weighted by atomic mass is 14.7. The van der Waals surface area contributed by atoms with E-state index in [1.165, 1.54) is 92.3 Å². The predicted octanol–water partition coefficient (Wildman–Crippen LogP) is 18.6. The first kappa shape index (κ1) is 43.7. The van der Waals surface area contributed by atoms with E-state index in [0.29, 0.717) is 0 Å². The van der Waals surface area contributed by atoms with Crippen LogP contribution in [0, 0.1) is 0 Å². The van der Waals surface area contributed by atoms with Crippen LogP contribution in [0.25, 0.3) is 120 Å². The van der Waals surface area contributed by atoms with Crippen LogP contribution < -0.4 is 0 Å². The second-order valence-corrected chi connectivity index (χ2v) is 17.9. The van der Waals surface area contributed by atoms with Crippen LogP contribution in [0.2, 0.25) is 0 Å². The van der Waals surface area contributed by atoms with Crippen molar-refractivity contribution in [3.05, 3.63) is 286 Å². The molecular formula is C69H47N3. The van der Waals surface area contributed by atoms with Gasteiger partial charge in [0.05, 0.1) is 16.6 Å². The molecule has 72 heavy (non-hydrogen) atoms. The van der Waals surface area contributed by atoms with Crippen molar-refractivity contribution in [2.75, 3.05) is 0 Å². The van der Waals surface area contributed by atoms with Gasteiger partial charge < -0.3 is 0 Å². The van der Waals surface area contributed by atoms with Gasteiger partial charge >= 0.3 is 0 Å². The average molecular weight is 918 g/mol. The first-order chi connectivity index (χ1) is 35.7.